The number of aromatic amines is 1. The number of aryl methyl sites for hydroxylation is 1. The summed E-state index contributed by atoms with van der Waals surface area (Å²) in [5, 5.41) is 13.8. The van der Waals surface area contributed by atoms with Gasteiger partial charge in [-0.3, -0.25) is 4.79 Å². The Morgan fingerprint density at radius 3 is 2.91 bits per heavy atom. The van der Waals surface area contributed by atoms with Crippen LogP contribution in [0.2, 0.25) is 0 Å². The molecule has 0 aliphatic carbocycles. The Hall–Kier alpha value is -1.89. The molecule has 0 unspecified atom stereocenters. The molecular weight excluding hydrogens is 284 g/mol. The van der Waals surface area contributed by atoms with Crippen LogP contribution in [0, 0.1) is 6.92 Å². The summed E-state index contributed by atoms with van der Waals surface area (Å²) in [4.78, 5) is 15.4. The zero-order chi connectivity index (χ0) is 15.9. The highest BCUT2D eigenvalue weighted by Gasteiger charge is 2.39. The summed E-state index contributed by atoms with van der Waals surface area (Å²) >= 11 is 0. The Morgan fingerprint density at radius 1 is 1.45 bits per heavy atom. The van der Waals surface area contributed by atoms with Crippen LogP contribution < -0.4 is 5.32 Å². The Labute approximate surface area is 128 Å². The molecule has 1 aromatic carbocycles. The first-order valence-electron chi connectivity index (χ1n) is 7.24. The summed E-state index contributed by atoms with van der Waals surface area (Å²) in [5.41, 5.74) is 2.69. The van der Waals surface area contributed by atoms with Crippen molar-refractivity contribution in [1.29, 1.82) is 0 Å². The number of anilines is 1. The molecule has 118 valence electrons. The third-order valence-electron chi connectivity index (χ3n) is 3.67. The summed E-state index contributed by atoms with van der Waals surface area (Å²) in [6.45, 7) is 5.67. The number of nitrogens with one attached hydrogen (secondary N) is 2. The summed E-state index contributed by atoms with van der Waals surface area (Å²) in [5.74, 6) is -1.27. The number of carbonyl (C=O) groups is 1. The molecule has 1 fully saturated rings. The van der Waals surface area contributed by atoms with E-state index < -0.39 is 23.9 Å². The van der Waals surface area contributed by atoms with Crippen molar-refractivity contribution in [2.24, 2.45) is 0 Å². The Kier molecular flexibility index (Phi) is 3.68. The number of H-pyrrole nitrogens is 1. The number of aliphatic hydroxyl groups excluding tert-OH is 1. The van der Waals surface area contributed by atoms with E-state index in [9.17, 15) is 9.90 Å². The predicted octanol–water partition coefficient (Wildman–Crippen LogP) is 1.93. The SMILES string of the molecule is Cc1cc2cc(NC(=O)[C@H](O)[C@@H]3COC(C)(C)O3)ccc2[nH]1. The van der Waals surface area contributed by atoms with Crippen LogP contribution in [-0.2, 0) is 14.3 Å². The van der Waals surface area contributed by atoms with Gasteiger partial charge in [-0.2, -0.15) is 0 Å². The van der Waals surface area contributed by atoms with Gasteiger partial charge in [-0.25, -0.2) is 0 Å². The largest absolute Gasteiger partial charge is 0.380 e. The maximum absolute atomic E-state index is 12.1. The Morgan fingerprint density at radius 2 is 2.23 bits per heavy atom. The van der Waals surface area contributed by atoms with Crippen LogP contribution in [0.25, 0.3) is 10.9 Å². The molecule has 6 nitrogen and oxygen atoms in total. The zero-order valence-electron chi connectivity index (χ0n) is 12.8. The van der Waals surface area contributed by atoms with E-state index >= 15 is 0 Å². The number of carbonyl (C=O) groups excluding carboxylic acids is 1. The van der Waals surface area contributed by atoms with Gasteiger partial charge >= 0.3 is 0 Å². The first-order valence-corrected chi connectivity index (χ1v) is 7.24. The second kappa shape index (κ2) is 5.39. The second-order valence-electron chi connectivity index (χ2n) is 6.06. The number of hydrogen-bond acceptors (Lipinski definition) is 4. The molecule has 0 bridgehead atoms. The van der Waals surface area contributed by atoms with Gasteiger partial charge < -0.3 is 24.9 Å². The molecule has 2 heterocycles. The van der Waals surface area contributed by atoms with E-state index in [1.165, 1.54) is 0 Å². The Balaban J connectivity index is 1.69. The molecule has 0 radical (unpaired) electrons. The number of fused-ring (bicyclic) bond motifs is 1. The van der Waals surface area contributed by atoms with E-state index in [1.807, 2.05) is 25.1 Å². The highest BCUT2D eigenvalue weighted by atomic mass is 16.7. The third kappa shape index (κ3) is 2.99. The molecule has 3 rings (SSSR count). The average Bonchev–Trinajstić information content (AvgIpc) is 2.98. The molecule has 6 heteroatoms. The maximum atomic E-state index is 12.1. The first kappa shape index (κ1) is 15.0. The fraction of sp³-hybridized carbons (Fsp3) is 0.438. The molecule has 1 aromatic heterocycles. The lowest BCUT2D eigenvalue weighted by molar-refractivity contribution is -0.156. The summed E-state index contributed by atoms with van der Waals surface area (Å²) in [7, 11) is 0. The summed E-state index contributed by atoms with van der Waals surface area (Å²) < 4.78 is 10.9. The van der Waals surface area contributed by atoms with Crippen molar-refractivity contribution >= 4 is 22.5 Å². The standard InChI is InChI=1S/C16H20N2O4/c1-9-6-10-7-11(4-5-12(10)17-9)18-15(20)14(19)13-8-21-16(2,3)22-13/h4-7,13-14,17,19H,8H2,1-3H3,(H,18,20)/t13-,14+/m0/s1. The van der Waals surface area contributed by atoms with Gasteiger partial charge in [0.05, 0.1) is 6.61 Å². The van der Waals surface area contributed by atoms with Gasteiger partial charge in [-0.15, -0.1) is 0 Å². The number of amides is 1. The molecule has 1 amide bonds. The van der Waals surface area contributed by atoms with Gasteiger partial charge in [-0.1, -0.05) is 0 Å². The van der Waals surface area contributed by atoms with Crippen molar-refractivity contribution in [1.82, 2.24) is 4.98 Å². The van der Waals surface area contributed by atoms with Crippen LogP contribution in [0.3, 0.4) is 0 Å². The second-order valence-corrected chi connectivity index (χ2v) is 6.06. The lowest BCUT2D eigenvalue weighted by Gasteiger charge is -2.20. The van der Waals surface area contributed by atoms with Crippen LogP contribution in [0.1, 0.15) is 19.5 Å². The molecule has 2 atom stereocenters. The minimum Gasteiger partial charge on any atom is -0.380 e. The average molecular weight is 304 g/mol. The highest BCUT2D eigenvalue weighted by Crippen LogP contribution is 2.25. The van der Waals surface area contributed by atoms with E-state index in [0.717, 1.165) is 16.6 Å². The lowest BCUT2D eigenvalue weighted by Crippen LogP contribution is -2.40. The number of aliphatic hydroxyl groups is 1. The van der Waals surface area contributed by atoms with Gasteiger partial charge in [0, 0.05) is 22.3 Å². The van der Waals surface area contributed by atoms with Gasteiger partial charge in [0.15, 0.2) is 11.9 Å². The van der Waals surface area contributed by atoms with Gasteiger partial charge in [0.2, 0.25) is 0 Å². The molecule has 1 aliphatic heterocycles. The minimum absolute atomic E-state index is 0.192. The van der Waals surface area contributed by atoms with E-state index in [-0.39, 0.29) is 6.61 Å². The predicted molar refractivity (Wildman–Crippen MR) is 82.6 cm³/mol. The number of aromatic nitrogens is 1. The number of rotatable bonds is 3. The first-order chi connectivity index (χ1) is 10.3. The van der Waals surface area contributed by atoms with Crippen molar-refractivity contribution in [2.75, 3.05) is 11.9 Å². The van der Waals surface area contributed by atoms with Crippen molar-refractivity contribution < 1.29 is 19.4 Å². The molecule has 1 saturated heterocycles. The van der Waals surface area contributed by atoms with E-state index in [0.29, 0.717) is 5.69 Å². The maximum Gasteiger partial charge on any atom is 0.256 e. The van der Waals surface area contributed by atoms with Crippen molar-refractivity contribution in [3.8, 4) is 0 Å². The van der Waals surface area contributed by atoms with Crippen LogP contribution in [0.5, 0.6) is 0 Å². The molecule has 2 aromatic rings. The van der Waals surface area contributed by atoms with Crippen LogP contribution in [-0.4, -0.2) is 40.6 Å². The van der Waals surface area contributed by atoms with E-state index in [2.05, 4.69) is 10.3 Å². The summed E-state index contributed by atoms with van der Waals surface area (Å²) in [6, 6.07) is 7.54. The molecular formula is C16H20N2O4. The van der Waals surface area contributed by atoms with Gasteiger partial charge in [0.1, 0.15) is 6.10 Å². The monoisotopic (exact) mass is 304 g/mol. The molecule has 22 heavy (non-hydrogen) atoms. The van der Waals surface area contributed by atoms with Gasteiger partial charge in [-0.05, 0) is 45.0 Å². The number of ether oxygens (including phenoxy) is 2. The van der Waals surface area contributed by atoms with Crippen LogP contribution in [0.4, 0.5) is 5.69 Å². The fourth-order valence-electron chi connectivity index (χ4n) is 2.61. The van der Waals surface area contributed by atoms with Crippen molar-refractivity contribution in [3.63, 3.8) is 0 Å². The molecule has 1 aliphatic rings. The van der Waals surface area contributed by atoms with Crippen molar-refractivity contribution in [3.05, 3.63) is 30.0 Å². The number of benzene rings is 1. The van der Waals surface area contributed by atoms with Crippen LogP contribution >= 0.6 is 0 Å². The lowest BCUT2D eigenvalue weighted by atomic mass is 10.2. The smallest absolute Gasteiger partial charge is 0.256 e. The molecule has 0 spiro atoms. The zero-order valence-corrected chi connectivity index (χ0v) is 12.8. The number of hydrogen-bond donors (Lipinski definition) is 3. The summed E-state index contributed by atoms with van der Waals surface area (Å²) in [6.07, 6.45) is -1.93. The normalized spacial score (nSPS) is 21.9. The fourth-order valence-corrected chi connectivity index (χ4v) is 2.61. The van der Waals surface area contributed by atoms with E-state index in [4.69, 9.17) is 9.47 Å². The Bertz CT molecular complexity index is 707. The van der Waals surface area contributed by atoms with Crippen LogP contribution in [0.15, 0.2) is 24.3 Å². The van der Waals surface area contributed by atoms with Gasteiger partial charge in [0.25, 0.3) is 5.91 Å². The van der Waals surface area contributed by atoms with Crippen molar-refractivity contribution in [2.45, 2.75) is 38.8 Å². The third-order valence-corrected chi connectivity index (χ3v) is 3.67. The topological polar surface area (TPSA) is 83.6 Å². The van der Waals surface area contributed by atoms with E-state index in [1.54, 1.807) is 19.9 Å². The molecule has 3 N–H and O–H groups in total. The highest BCUT2D eigenvalue weighted by molar-refractivity contribution is 5.96. The minimum atomic E-state index is -1.27. The quantitative estimate of drug-likeness (QED) is 0.809. The molecule has 0 saturated carbocycles.